The molecule has 2 heteroatoms. The Balaban J connectivity index is 0.000000358. The molecule has 0 amide bonds. The Morgan fingerprint density at radius 1 is 0.950 bits per heavy atom. The monoisotopic (exact) mass is 281 g/mol. The van der Waals surface area contributed by atoms with E-state index in [-0.39, 0.29) is 0 Å². The van der Waals surface area contributed by atoms with Gasteiger partial charge in [0.25, 0.3) is 0 Å². The van der Waals surface area contributed by atoms with Crippen LogP contribution in [0, 0.1) is 6.92 Å². The molecule has 0 spiro atoms. The summed E-state index contributed by atoms with van der Waals surface area (Å²) in [6, 6.07) is 15.0. The van der Waals surface area contributed by atoms with Crippen molar-refractivity contribution in [3.05, 3.63) is 60.2 Å². The molecule has 1 fully saturated rings. The summed E-state index contributed by atoms with van der Waals surface area (Å²) in [6.45, 7) is 6.12. The van der Waals surface area contributed by atoms with Crippen molar-refractivity contribution >= 4 is 17.6 Å². The molecule has 1 heterocycles. The van der Waals surface area contributed by atoms with Gasteiger partial charge in [-0.05, 0) is 30.0 Å². The summed E-state index contributed by atoms with van der Waals surface area (Å²) < 4.78 is 3.23. The zero-order valence-electron chi connectivity index (χ0n) is 11.8. The van der Waals surface area contributed by atoms with Gasteiger partial charge in [-0.15, -0.1) is 0 Å². The quantitative estimate of drug-likeness (QED) is 0.701. The fourth-order valence-electron chi connectivity index (χ4n) is 2.01. The van der Waals surface area contributed by atoms with Gasteiger partial charge in [0.1, 0.15) is 0 Å². The highest BCUT2D eigenvalue weighted by atomic mass is 32.2. The third kappa shape index (κ3) is 2.91. The molecule has 1 nitrogen and oxygen atoms in total. The zero-order chi connectivity index (χ0) is 13.9. The summed E-state index contributed by atoms with van der Waals surface area (Å²) in [5, 5.41) is 0. The minimum Gasteiger partial charge on any atom is -0.326 e. The van der Waals surface area contributed by atoms with Crippen LogP contribution in [0.4, 0.5) is 0 Å². The van der Waals surface area contributed by atoms with Gasteiger partial charge in [-0.25, -0.2) is 0 Å². The molecular formula is C18H19NS. The molecule has 2 aromatic carbocycles. The van der Waals surface area contributed by atoms with E-state index in [1.807, 2.05) is 0 Å². The van der Waals surface area contributed by atoms with Crippen molar-refractivity contribution in [1.82, 2.24) is 4.72 Å². The van der Waals surface area contributed by atoms with Crippen molar-refractivity contribution in [2.45, 2.75) is 31.1 Å². The molecule has 1 saturated carbocycles. The van der Waals surface area contributed by atoms with Gasteiger partial charge < -0.3 is 4.72 Å². The first-order chi connectivity index (χ1) is 9.75. The maximum absolute atomic E-state index is 4.01. The van der Waals surface area contributed by atoms with E-state index in [2.05, 4.69) is 60.7 Å². The first kappa shape index (κ1) is 13.3. The molecule has 0 aromatic heterocycles. The summed E-state index contributed by atoms with van der Waals surface area (Å²) in [5.41, 5.74) is 6.04. The fraction of sp³-hybridized carbons (Fsp3) is 0.222. The van der Waals surface area contributed by atoms with Crippen LogP contribution in [0.3, 0.4) is 0 Å². The van der Waals surface area contributed by atoms with E-state index < -0.39 is 0 Å². The molecule has 0 unspecified atom stereocenters. The van der Waals surface area contributed by atoms with Gasteiger partial charge >= 0.3 is 0 Å². The lowest BCUT2D eigenvalue weighted by Gasteiger charge is -2.06. The molecule has 1 aliphatic carbocycles. The number of hydrogen-bond donors (Lipinski definition) is 1. The normalized spacial score (nSPS) is 14.9. The van der Waals surface area contributed by atoms with Crippen LogP contribution in [0.25, 0.3) is 16.8 Å². The predicted octanol–water partition coefficient (Wildman–Crippen LogP) is 5.41. The first-order valence-electron chi connectivity index (χ1n) is 7.08. The maximum atomic E-state index is 4.01. The van der Waals surface area contributed by atoms with Crippen molar-refractivity contribution in [1.29, 1.82) is 0 Å². The Morgan fingerprint density at radius 3 is 2.25 bits per heavy atom. The number of aryl methyl sites for hydroxylation is 1. The van der Waals surface area contributed by atoms with Crippen molar-refractivity contribution in [3.8, 4) is 11.1 Å². The second kappa shape index (κ2) is 5.76. The molecule has 2 aliphatic rings. The molecule has 1 aliphatic heterocycles. The molecular weight excluding hydrogens is 262 g/mol. The molecule has 0 saturated heterocycles. The molecule has 0 atom stereocenters. The average Bonchev–Trinajstić information content (AvgIpc) is 3.30. The number of hydrogen-bond acceptors (Lipinski definition) is 2. The Hall–Kier alpha value is -1.67. The third-order valence-corrected chi connectivity index (χ3v) is 4.32. The second-order valence-corrected chi connectivity index (χ2v) is 6.11. The minimum atomic E-state index is 0.999. The van der Waals surface area contributed by atoms with Crippen LogP contribution in [0.1, 0.15) is 30.4 Å². The van der Waals surface area contributed by atoms with Gasteiger partial charge in [0.05, 0.1) is 0 Å². The van der Waals surface area contributed by atoms with Crippen LogP contribution in [0.15, 0.2) is 53.9 Å². The molecule has 0 bridgehead atoms. The van der Waals surface area contributed by atoms with Crippen molar-refractivity contribution in [2.24, 2.45) is 0 Å². The largest absolute Gasteiger partial charge is 0.326 e. The number of rotatable bonds is 1. The first-order valence-corrected chi connectivity index (χ1v) is 7.89. The van der Waals surface area contributed by atoms with Crippen LogP contribution in [0.2, 0.25) is 0 Å². The number of nitrogens with one attached hydrogen (secondary N) is 1. The molecule has 1 N–H and O–H groups in total. The van der Waals surface area contributed by atoms with E-state index in [9.17, 15) is 0 Å². The lowest BCUT2D eigenvalue weighted by Crippen LogP contribution is -1.88. The Kier molecular flexibility index (Phi) is 3.83. The van der Waals surface area contributed by atoms with E-state index in [1.165, 1.54) is 46.4 Å². The fourth-order valence-corrected chi connectivity index (χ4v) is 2.94. The van der Waals surface area contributed by atoms with Crippen molar-refractivity contribution < 1.29 is 0 Å². The maximum Gasteiger partial charge on any atom is 0.0456 e. The lowest BCUT2D eigenvalue weighted by molar-refractivity contribution is 1.39. The summed E-state index contributed by atoms with van der Waals surface area (Å²) in [5.74, 6) is 0. The molecule has 0 radical (unpaired) electrons. The van der Waals surface area contributed by atoms with Gasteiger partial charge in [-0.2, -0.15) is 0 Å². The van der Waals surface area contributed by atoms with Crippen molar-refractivity contribution in [3.63, 3.8) is 0 Å². The smallest absolute Gasteiger partial charge is 0.0456 e. The third-order valence-electron chi connectivity index (χ3n) is 3.33. The molecule has 20 heavy (non-hydrogen) atoms. The van der Waals surface area contributed by atoms with Gasteiger partial charge in [0.2, 0.25) is 0 Å². The minimum absolute atomic E-state index is 0.999. The molecule has 4 rings (SSSR count). The standard InChI is InChI=1S/C15H13NS.C3H6/c1-10-6-8-12(9-7-10)14-5-3-4-13-11(2)16-17-15(13)14;1-2-3-1/h3-9,16H,2H2,1H3;1-3H2. The summed E-state index contributed by atoms with van der Waals surface area (Å²) in [4.78, 5) is 1.28. The highest BCUT2D eigenvalue weighted by molar-refractivity contribution is 7.98. The lowest BCUT2D eigenvalue weighted by atomic mass is 10.0. The van der Waals surface area contributed by atoms with E-state index in [0.717, 1.165) is 5.70 Å². The average molecular weight is 281 g/mol. The molecule has 2 aromatic rings. The molecule has 102 valence electrons. The topological polar surface area (TPSA) is 12.0 Å². The predicted molar refractivity (Wildman–Crippen MR) is 88.5 cm³/mol. The van der Waals surface area contributed by atoms with E-state index in [1.54, 1.807) is 11.9 Å². The van der Waals surface area contributed by atoms with Gasteiger partial charge in [-0.1, -0.05) is 73.9 Å². The van der Waals surface area contributed by atoms with Crippen LogP contribution in [0.5, 0.6) is 0 Å². The van der Waals surface area contributed by atoms with Gasteiger partial charge in [-0.3, -0.25) is 0 Å². The van der Waals surface area contributed by atoms with E-state index >= 15 is 0 Å². The highest BCUT2D eigenvalue weighted by Gasteiger charge is 2.18. The Morgan fingerprint density at radius 2 is 1.60 bits per heavy atom. The van der Waals surface area contributed by atoms with Crippen LogP contribution < -0.4 is 4.72 Å². The summed E-state index contributed by atoms with van der Waals surface area (Å²) in [7, 11) is 0. The zero-order valence-corrected chi connectivity index (χ0v) is 12.6. The summed E-state index contributed by atoms with van der Waals surface area (Å²) in [6.07, 6.45) is 4.50. The SMILES string of the molecule is C1CC1.C=C1NSc2c1cccc2-c1ccc(C)cc1. The Labute approximate surface area is 125 Å². The van der Waals surface area contributed by atoms with Crippen LogP contribution in [-0.2, 0) is 0 Å². The van der Waals surface area contributed by atoms with Gasteiger partial charge in [0.15, 0.2) is 0 Å². The highest BCUT2D eigenvalue weighted by Crippen LogP contribution is 2.40. The number of benzene rings is 2. The number of fused-ring (bicyclic) bond motifs is 1. The van der Waals surface area contributed by atoms with Crippen LogP contribution in [-0.4, -0.2) is 0 Å². The van der Waals surface area contributed by atoms with E-state index in [0.29, 0.717) is 0 Å². The Bertz CT molecular complexity index is 624. The van der Waals surface area contributed by atoms with E-state index in [4.69, 9.17) is 0 Å². The summed E-state index contributed by atoms with van der Waals surface area (Å²) >= 11 is 1.65. The van der Waals surface area contributed by atoms with Crippen molar-refractivity contribution in [2.75, 3.05) is 0 Å². The van der Waals surface area contributed by atoms with Crippen LogP contribution >= 0.6 is 11.9 Å². The second-order valence-electron chi connectivity index (χ2n) is 5.29. The van der Waals surface area contributed by atoms with Gasteiger partial charge in [0, 0.05) is 16.2 Å².